The molecule has 0 aliphatic rings. The summed E-state index contributed by atoms with van der Waals surface area (Å²) in [4.78, 5) is 0. The van der Waals surface area contributed by atoms with Crippen molar-refractivity contribution in [2.24, 2.45) is 7.05 Å². The number of aryl methyl sites for hydroxylation is 2. The van der Waals surface area contributed by atoms with Gasteiger partial charge in [-0.25, -0.2) is 0 Å². The lowest BCUT2D eigenvalue weighted by molar-refractivity contribution is -0.137. The van der Waals surface area contributed by atoms with Gasteiger partial charge in [0.05, 0.1) is 21.4 Å². The quantitative estimate of drug-likeness (QED) is 0.897. The first kappa shape index (κ1) is 16.0. The van der Waals surface area contributed by atoms with Crippen molar-refractivity contribution in [2.45, 2.75) is 26.2 Å². The Hall–Kier alpha value is -1.34. The van der Waals surface area contributed by atoms with Gasteiger partial charge < -0.3 is 5.32 Å². The second-order valence-electron chi connectivity index (χ2n) is 4.77. The SMILES string of the molecule is Cc1nn(C)c(CNCc2cccc(C(F)(F)F)c2)c1Br. The molecule has 114 valence electrons. The van der Waals surface area contributed by atoms with Gasteiger partial charge in [0.15, 0.2) is 0 Å². The van der Waals surface area contributed by atoms with E-state index in [0.29, 0.717) is 18.7 Å². The fourth-order valence-electron chi connectivity index (χ4n) is 2.06. The molecule has 1 aromatic heterocycles. The first-order chi connectivity index (χ1) is 9.79. The van der Waals surface area contributed by atoms with Crippen LogP contribution in [0.1, 0.15) is 22.5 Å². The summed E-state index contributed by atoms with van der Waals surface area (Å²) in [6.07, 6.45) is -4.31. The molecular formula is C14H15BrF3N3. The molecule has 0 aliphatic carbocycles. The minimum atomic E-state index is -4.31. The van der Waals surface area contributed by atoms with Crippen molar-refractivity contribution in [2.75, 3.05) is 0 Å². The molecule has 2 rings (SSSR count). The van der Waals surface area contributed by atoms with E-state index in [1.165, 1.54) is 6.07 Å². The zero-order chi connectivity index (χ0) is 15.6. The lowest BCUT2D eigenvalue weighted by Gasteiger charge is -2.10. The summed E-state index contributed by atoms with van der Waals surface area (Å²) in [5, 5.41) is 7.40. The topological polar surface area (TPSA) is 29.9 Å². The van der Waals surface area contributed by atoms with Crippen molar-refractivity contribution < 1.29 is 13.2 Å². The average molecular weight is 362 g/mol. The number of rotatable bonds is 4. The molecule has 0 unspecified atom stereocenters. The van der Waals surface area contributed by atoms with Gasteiger partial charge in [0.25, 0.3) is 0 Å². The van der Waals surface area contributed by atoms with Crippen molar-refractivity contribution in [1.29, 1.82) is 0 Å². The van der Waals surface area contributed by atoms with Gasteiger partial charge in [-0.05, 0) is 34.5 Å². The number of alkyl halides is 3. The summed E-state index contributed by atoms with van der Waals surface area (Å²) >= 11 is 3.45. The standard InChI is InChI=1S/C14H15BrF3N3/c1-9-13(15)12(21(2)20-9)8-19-7-10-4-3-5-11(6-10)14(16,17)18/h3-6,19H,7-8H2,1-2H3. The van der Waals surface area contributed by atoms with E-state index >= 15 is 0 Å². The monoisotopic (exact) mass is 361 g/mol. The second-order valence-corrected chi connectivity index (χ2v) is 5.56. The van der Waals surface area contributed by atoms with E-state index in [-0.39, 0.29) is 0 Å². The maximum atomic E-state index is 12.6. The van der Waals surface area contributed by atoms with Gasteiger partial charge in [0.1, 0.15) is 0 Å². The lowest BCUT2D eigenvalue weighted by Crippen LogP contribution is -2.16. The van der Waals surface area contributed by atoms with Crippen LogP contribution in [-0.4, -0.2) is 9.78 Å². The Morgan fingerprint density at radius 2 is 2.00 bits per heavy atom. The summed E-state index contributed by atoms with van der Waals surface area (Å²) in [6, 6.07) is 5.33. The van der Waals surface area contributed by atoms with Crippen LogP contribution < -0.4 is 5.32 Å². The predicted octanol–water partition coefficient (Wildman–Crippen LogP) is 3.80. The Morgan fingerprint density at radius 3 is 2.57 bits per heavy atom. The van der Waals surface area contributed by atoms with E-state index < -0.39 is 11.7 Å². The number of halogens is 4. The highest BCUT2D eigenvalue weighted by Crippen LogP contribution is 2.29. The van der Waals surface area contributed by atoms with E-state index in [2.05, 4.69) is 26.3 Å². The fourth-order valence-corrected chi connectivity index (χ4v) is 2.53. The van der Waals surface area contributed by atoms with Crippen LogP contribution in [0.5, 0.6) is 0 Å². The molecule has 0 aliphatic heterocycles. The maximum absolute atomic E-state index is 12.6. The van der Waals surface area contributed by atoms with Gasteiger partial charge in [0.2, 0.25) is 0 Å². The van der Waals surface area contributed by atoms with Gasteiger partial charge in [-0.3, -0.25) is 4.68 Å². The molecule has 3 nitrogen and oxygen atoms in total. The molecular weight excluding hydrogens is 347 g/mol. The van der Waals surface area contributed by atoms with E-state index in [1.54, 1.807) is 10.7 Å². The smallest absolute Gasteiger partial charge is 0.307 e. The Balaban J connectivity index is 2.01. The molecule has 0 saturated carbocycles. The zero-order valence-electron chi connectivity index (χ0n) is 11.6. The molecule has 0 bridgehead atoms. The molecule has 2 aromatic rings. The second kappa shape index (κ2) is 6.19. The number of hydrogen-bond acceptors (Lipinski definition) is 2. The van der Waals surface area contributed by atoms with Crippen molar-refractivity contribution >= 4 is 15.9 Å². The minimum absolute atomic E-state index is 0.362. The number of nitrogens with one attached hydrogen (secondary N) is 1. The molecule has 1 aromatic carbocycles. The van der Waals surface area contributed by atoms with E-state index in [4.69, 9.17) is 0 Å². The number of nitrogens with zero attached hydrogens (tertiary/aromatic N) is 2. The highest BCUT2D eigenvalue weighted by atomic mass is 79.9. The van der Waals surface area contributed by atoms with Crippen LogP contribution in [0.25, 0.3) is 0 Å². The Morgan fingerprint density at radius 1 is 1.29 bits per heavy atom. The van der Waals surface area contributed by atoms with Crippen LogP contribution in [0.2, 0.25) is 0 Å². The molecule has 21 heavy (non-hydrogen) atoms. The van der Waals surface area contributed by atoms with Crippen molar-refractivity contribution in [1.82, 2.24) is 15.1 Å². The molecule has 0 atom stereocenters. The fraction of sp³-hybridized carbons (Fsp3) is 0.357. The molecule has 1 N–H and O–H groups in total. The van der Waals surface area contributed by atoms with Crippen LogP contribution in [0.15, 0.2) is 28.7 Å². The van der Waals surface area contributed by atoms with Gasteiger partial charge in [-0.15, -0.1) is 0 Å². The first-order valence-corrected chi connectivity index (χ1v) is 7.13. The minimum Gasteiger partial charge on any atom is -0.307 e. The molecule has 1 heterocycles. The summed E-state index contributed by atoms with van der Waals surface area (Å²) < 4.78 is 40.5. The van der Waals surface area contributed by atoms with Gasteiger partial charge in [-0.1, -0.05) is 18.2 Å². The maximum Gasteiger partial charge on any atom is 0.416 e. The summed E-state index contributed by atoms with van der Waals surface area (Å²) in [5.41, 5.74) is 1.81. The van der Waals surface area contributed by atoms with Crippen molar-refractivity contribution in [3.8, 4) is 0 Å². The van der Waals surface area contributed by atoms with Crippen LogP contribution >= 0.6 is 15.9 Å². The molecule has 0 fully saturated rings. The first-order valence-electron chi connectivity index (χ1n) is 6.34. The molecule has 0 saturated heterocycles. The van der Waals surface area contributed by atoms with Crippen LogP contribution in [0.3, 0.4) is 0 Å². The molecule has 7 heteroatoms. The Bertz CT molecular complexity index is 635. The highest BCUT2D eigenvalue weighted by Gasteiger charge is 2.30. The largest absolute Gasteiger partial charge is 0.416 e. The van der Waals surface area contributed by atoms with Crippen LogP contribution in [-0.2, 0) is 26.3 Å². The predicted molar refractivity (Wildman–Crippen MR) is 77.6 cm³/mol. The Labute approximate surface area is 129 Å². The average Bonchev–Trinajstić information content (AvgIpc) is 2.64. The lowest BCUT2D eigenvalue weighted by atomic mass is 10.1. The Kier molecular flexibility index (Phi) is 4.73. The van der Waals surface area contributed by atoms with Crippen molar-refractivity contribution in [3.63, 3.8) is 0 Å². The van der Waals surface area contributed by atoms with E-state index in [9.17, 15) is 13.2 Å². The molecule has 0 radical (unpaired) electrons. The summed E-state index contributed by atoms with van der Waals surface area (Å²) in [5.74, 6) is 0. The third-order valence-corrected chi connectivity index (χ3v) is 4.17. The van der Waals surface area contributed by atoms with Gasteiger partial charge >= 0.3 is 6.18 Å². The number of hydrogen-bond donors (Lipinski definition) is 1. The summed E-state index contributed by atoms with van der Waals surface area (Å²) in [6.45, 7) is 2.77. The zero-order valence-corrected chi connectivity index (χ0v) is 13.2. The van der Waals surface area contributed by atoms with Gasteiger partial charge in [-0.2, -0.15) is 18.3 Å². The third kappa shape index (κ3) is 3.85. The van der Waals surface area contributed by atoms with Crippen molar-refractivity contribution in [3.05, 3.63) is 51.3 Å². The van der Waals surface area contributed by atoms with Crippen LogP contribution in [0.4, 0.5) is 13.2 Å². The van der Waals surface area contributed by atoms with Crippen LogP contribution in [0, 0.1) is 6.92 Å². The molecule has 0 spiro atoms. The molecule has 0 amide bonds. The number of benzene rings is 1. The normalized spacial score (nSPS) is 11.9. The third-order valence-electron chi connectivity index (χ3n) is 3.14. The number of aromatic nitrogens is 2. The highest BCUT2D eigenvalue weighted by molar-refractivity contribution is 9.10. The van der Waals surface area contributed by atoms with E-state index in [1.807, 2.05) is 14.0 Å². The van der Waals surface area contributed by atoms with E-state index in [0.717, 1.165) is 28.0 Å². The van der Waals surface area contributed by atoms with Gasteiger partial charge in [0, 0.05) is 20.1 Å². The summed E-state index contributed by atoms with van der Waals surface area (Å²) in [7, 11) is 1.83.